The summed E-state index contributed by atoms with van der Waals surface area (Å²) < 4.78 is 7.88. The number of aromatic nitrogens is 3. The Morgan fingerprint density at radius 2 is 2.11 bits per heavy atom. The Kier molecular flexibility index (Phi) is 2.76. The summed E-state index contributed by atoms with van der Waals surface area (Å²) in [5.74, 6) is 0.808. The first-order chi connectivity index (χ1) is 8.78. The lowest BCUT2D eigenvalue weighted by atomic mass is 10.1. The van der Waals surface area contributed by atoms with Crippen LogP contribution in [0.5, 0.6) is 5.75 Å². The summed E-state index contributed by atoms with van der Waals surface area (Å²) in [7, 11) is 1.65. The highest BCUT2D eigenvalue weighted by atomic mass is 79.9. The maximum Gasteiger partial charge on any atom is 0.153 e. The molecule has 0 fully saturated rings. The van der Waals surface area contributed by atoms with Crippen LogP contribution in [0.2, 0.25) is 0 Å². The van der Waals surface area contributed by atoms with Crippen molar-refractivity contribution >= 4 is 21.6 Å². The van der Waals surface area contributed by atoms with Crippen LogP contribution in [0.15, 0.2) is 47.2 Å². The van der Waals surface area contributed by atoms with Gasteiger partial charge in [0.05, 0.1) is 17.3 Å². The molecule has 1 aromatic carbocycles. The van der Waals surface area contributed by atoms with Crippen LogP contribution in [0.25, 0.3) is 16.9 Å². The smallest absolute Gasteiger partial charge is 0.153 e. The Morgan fingerprint density at radius 3 is 2.89 bits per heavy atom. The van der Waals surface area contributed by atoms with Gasteiger partial charge in [-0.3, -0.25) is 0 Å². The Balaban J connectivity index is 2.10. The number of imidazole rings is 1. The summed E-state index contributed by atoms with van der Waals surface area (Å²) in [5.41, 5.74) is 2.76. The number of rotatable bonds is 2. The van der Waals surface area contributed by atoms with E-state index in [1.807, 2.05) is 36.5 Å². The topological polar surface area (TPSA) is 39.4 Å². The average molecular weight is 304 g/mol. The summed E-state index contributed by atoms with van der Waals surface area (Å²) in [6.07, 6.45) is 3.56. The summed E-state index contributed by atoms with van der Waals surface area (Å²) in [6, 6.07) is 9.79. The molecule has 3 aromatic rings. The number of halogens is 1. The molecule has 0 aliphatic heterocycles. The third-order valence-corrected chi connectivity index (χ3v) is 3.32. The van der Waals surface area contributed by atoms with Crippen LogP contribution in [-0.2, 0) is 0 Å². The van der Waals surface area contributed by atoms with Gasteiger partial charge in [-0.15, -0.1) is 0 Å². The summed E-state index contributed by atoms with van der Waals surface area (Å²) in [4.78, 5) is 4.17. The Labute approximate surface area is 112 Å². The van der Waals surface area contributed by atoms with Crippen LogP contribution < -0.4 is 4.74 Å². The molecule has 0 aliphatic rings. The van der Waals surface area contributed by atoms with Crippen LogP contribution in [0.3, 0.4) is 0 Å². The van der Waals surface area contributed by atoms with Crippen molar-refractivity contribution in [3.05, 3.63) is 47.2 Å². The van der Waals surface area contributed by atoms with Crippen LogP contribution >= 0.6 is 15.9 Å². The first kappa shape index (κ1) is 11.2. The lowest BCUT2D eigenvalue weighted by Gasteiger charge is -2.06. The molecule has 0 atom stereocenters. The van der Waals surface area contributed by atoms with Crippen LogP contribution in [-0.4, -0.2) is 21.7 Å². The van der Waals surface area contributed by atoms with Crippen molar-refractivity contribution in [1.82, 2.24) is 14.6 Å². The van der Waals surface area contributed by atoms with Gasteiger partial charge in [0, 0.05) is 18.0 Å². The molecule has 0 saturated carbocycles. The molecule has 0 amide bonds. The molecule has 4 nitrogen and oxygen atoms in total. The zero-order valence-electron chi connectivity index (χ0n) is 9.67. The molecule has 0 radical (unpaired) electrons. The van der Waals surface area contributed by atoms with Gasteiger partial charge in [-0.05, 0) is 46.3 Å². The zero-order chi connectivity index (χ0) is 12.5. The van der Waals surface area contributed by atoms with E-state index in [4.69, 9.17) is 4.74 Å². The Morgan fingerprint density at radius 1 is 1.22 bits per heavy atom. The third kappa shape index (κ3) is 1.86. The maximum atomic E-state index is 5.21. The molecule has 2 aromatic heterocycles. The fourth-order valence-electron chi connectivity index (χ4n) is 1.79. The number of hydrogen-bond acceptors (Lipinski definition) is 3. The first-order valence-corrected chi connectivity index (χ1v) is 6.21. The molecule has 90 valence electrons. The lowest BCUT2D eigenvalue weighted by molar-refractivity contribution is 0.412. The van der Waals surface area contributed by atoms with Gasteiger partial charge in [0.25, 0.3) is 0 Å². The standard InChI is InChI=1S/C13H10BrN3O/c1-18-12-4-2-9(8-10(12)14)11-3-5-13-15-6-7-17(13)16-11/h2-8H,1H3. The maximum absolute atomic E-state index is 5.21. The predicted molar refractivity (Wildman–Crippen MR) is 72.7 cm³/mol. The van der Waals surface area contributed by atoms with Crippen molar-refractivity contribution in [3.8, 4) is 17.0 Å². The van der Waals surface area contributed by atoms with Gasteiger partial charge in [0.2, 0.25) is 0 Å². The van der Waals surface area contributed by atoms with Crippen molar-refractivity contribution in [1.29, 1.82) is 0 Å². The molecule has 0 N–H and O–H groups in total. The first-order valence-electron chi connectivity index (χ1n) is 5.42. The van der Waals surface area contributed by atoms with Crippen LogP contribution in [0, 0.1) is 0 Å². The average Bonchev–Trinajstić information content (AvgIpc) is 2.85. The quantitative estimate of drug-likeness (QED) is 0.730. The summed E-state index contributed by atoms with van der Waals surface area (Å²) in [6.45, 7) is 0. The highest BCUT2D eigenvalue weighted by molar-refractivity contribution is 9.10. The highest BCUT2D eigenvalue weighted by Gasteiger charge is 2.05. The molecule has 0 saturated heterocycles. The van der Waals surface area contributed by atoms with E-state index in [0.29, 0.717) is 0 Å². The van der Waals surface area contributed by atoms with Gasteiger partial charge >= 0.3 is 0 Å². The number of fused-ring (bicyclic) bond motifs is 1. The molecule has 0 aliphatic carbocycles. The van der Waals surface area contributed by atoms with Gasteiger partial charge in [-0.1, -0.05) is 0 Å². The highest BCUT2D eigenvalue weighted by Crippen LogP contribution is 2.29. The number of methoxy groups -OCH3 is 1. The number of benzene rings is 1. The van der Waals surface area contributed by atoms with Gasteiger partial charge < -0.3 is 4.74 Å². The molecule has 5 heteroatoms. The molecule has 18 heavy (non-hydrogen) atoms. The molecular formula is C13H10BrN3O. The van der Waals surface area contributed by atoms with E-state index in [9.17, 15) is 0 Å². The van der Waals surface area contributed by atoms with Gasteiger partial charge in [-0.25, -0.2) is 9.50 Å². The molecular weight excluding hydrogens is 294 g/mol. The minimum Gasteiger partial charge on any atom is -0.496 e. The van der Waals surface area contributed by atoms with Crippen molar-refractivity contribution in [3.63, 3.8) is 0 Å². The predicted octanol–water partition coefficient (Wildman–Crippen LogP) is 3.17. The van der Waals surface area contributed by atoms with Crippen molar-refractivity contribution in [2.45, 2.75) is 0 Å². The molecule has 3 rings (SSSR count). The summed E-state index contributed by atoms with van der Waals surface area (Å²) >= 11 is 3.47. The lowest BCUT2D eigenvalue weighted by Crippen LogP contribution is -1.93. The second-order valence-electron chi connectivity index (χ2n) is 3.80. The van der Waals surface area contributed by atoms with Crippen LogP contribution in [0.1, 0.15) is 0 Å². The summed E-state index contributed by atoms with van der Waals surface area (Å²) in [5, 5.41) is 4.49. The van der Waals surface area contributed by atoms with E-state index in [0.717, 1.165) is 27.1 Å². The fraction of sp³-hybridized carbons (Fsp3) is 0.0769. The Hall–Kier alpha value is -1.88. The zero-order valence-corrected chi connectivity index (χ0v) is 11.3. The normalized spacial score (nSPS) is 10.8. The monoisotopic (exact) mass is 303 g/mol. The van der Waals surface area contributed by atoms with Crippen molar-refractivity contribution in [2.24, 2.45) is 0 Å². The van der Waals surface area contributed by atoms with E-state index < -0.39 is 0 Å². The number of ether oxygens (including phenoxy) is 1. The third-order valence-electron chi connectivity index (χ3n) is 2.70. The molecule has 2 heterocycles. The van der Waals surface area contributed by atoms with Crippen molar-refractivity contribution < 1.29 is 4.74 Å². The van der Waals surface area contributed by atoms with Crippen molar-refractivity contribution in [2.75, 3.05) is 7.11 Å². The van der Waals surface area contributed by atoms with E-state index >= 15 is 0 Å². The largest absolute Gasteiger partial charge is 0.496 e. The minimum atomic E-state index is 0.808. The molecule has 0 spiro atoms. The van der Waals surface area contributed by atoms with E-state index in [-0.39, 0.29) is 0 Å². The van der Waals surface area contributed by atoms with Gasteiger partial charge in [0.1, 0.15) is 5.75 Å². The second kappa shape index (κ2) is 4.42. The van der Waals surface area contributed by atoms with Gasteiger partial charge in [0.15, 0.2) is 5.65 Å². The van der Waals surface area contributed by atoms with E-state index in [1.165, 1.54) is 0 Å². The number of nitrogens with zero attached hydrogens (tertiary/aromatic N) is 3. The van der Waals surface area contributed by atoms with Gasteiger partial charge in [-0.2, -0.15) is 5.10 Å². The van der Waals surface area contributed by atoms with E-state index in [2.05, 4.69) is 26.0 Å². The van der Waals surface area contributed by atoms with E-state index in [1.54, 1.807) is 17.8 Å². The fourth-order valence-corrected chi connectivity index (χ4v) is 2.34. The molecule has 0 unspecified atom stereocenters. The SMILES string of the molecule is COc1ccc(-c2ccc3nccn3n2)cc1Br. The molecule has 0 bridgehead atoms. The second-order valence-corrected chi connectivity index (χ2v) is 4.65. The van der Waals surface area contributed by atoms with Crippen LogP contribution in [0.4, 0.5) is 0 Å². The minimum absolute atomic E-state index is 0.808. The Bertz CT molecular complexity index is 708. The number of hydrogen-bond donors (Lipinski definition) is 0.